The van der Waals surface area contributed by atoms with Crippen molar-refractivity contribution in [3.8, 4) is 0 Å². The third-order valence-corrected chi connectivity index (χ3v) is 4.24. The number of benzene rings is 1. The summed E-state index contributed by atoms with van der Waals surface area (Å²) in [7, 11) is 0. The predicted octanol–water partition coefficient (Wildman–Crippen LogP) is 2.45. The smallest absolute Gasteiger partial charge is 0.163 e. The van der Waals surface area contributed by atoms with Gasteiger partial charge in [0.1, 0.15) is 0 Å². The molecule has 98 valence electrons. The summed E-state index contributed by atoms with van der Waals surface area (Å²) in [6.07, 6.45) is 3.40. The summed E-state index contributed by atoms with van der Waals surface area (Å²) in [5, 5.41) is 9.71. The zero-order chi connectivity index (χ0) is 12.7. The van der Waals surface area contributed by atoms with Crippen LogP contribution in [0.4, 0.5) is 8.78 Å². The third-order valence-electron chi connectivity index (χ3n) is 4.24. The van der Waals surface area contributed by atoms with Crippen LogP contribution in [0, 0.1) is 11.6 Å². The summed E-state index contributed by atoms with van der Waals surface area (Å²) < 4.78 is 26.8. The van der Waals surface area contributed by atoms with Gasteiger partial charge in [-0.05, 0) is 31.7 Å². The van der Waals surface area contributed by atoms with Crippen LogP contribution in [0.5, 0.6) is 0 Å². The molecule has 1 N–H and O–H groups in total. The van der Waals surface area contributed by atoms with Crippen molar-refractivity contribution >= 4 is 0 Å². The minimum atomic E-state index is -0.781. The van der Waals surface area contributed by atoms with E-state index >= 15 is 0 Å². The van der Waals surface area contributed by atoms with Crippen molar-refractivity contribution < 1.29 is 13.9 Å². The first-order valence-corrected chi connectivity index (χ1v) is 6.52. The van der Waals surface area contributed by atoms with Crippen LogP contribution in [0.3, 0.4) is 0 Å². The predicted molar refractivity (Wildman–Crippen MR) is 64.0 cm³/mol. The summed E-state index contributed by atoms with van der Waals surface area (Å²) in [5.41, 5.74) is 0.420. The number of piperidine rings is 1. The molecule has 2 saturated heterocycles. The second-order valence-electron chi connectivity index (χ2n) is 5.40. The van der Waals surface area contributed by atoms with E-state index in [2.05, 4.69) is 4.90 Å². The largest absolute Gasteiger partial charge is 0.393 e. The zero-order valence-corrected chi connectivity index (χ0v) is 10.1. The van der Waals surface area contributed by atoms with Crippen molar-refractivity contribution in [1.82, 2.24) is 4.90 Å². The molecule has 1 aromatic carbocycles. The molecule has 2 aliphatic heterocycles. The fourth-order valence-corrected chi connectivity index (χ4v) is 3.37. The number of hydrogen-bond acceptors (Lipinski definition) is 2. The highest BCUT2D eigenvalue weighted by atomic mass is 19.2. The van der Waals surface area contributed by atoms with Gasteiger partial charge < -0.3 is 5.11 Å². The van der Waals surface area contributed by atoms with Gasteiger partial charge in [0.15, 0.2) is 11.6 Å². The van der Waals surface area contributed by atoms with Gasteiger partial charge in [0.2, 0.25) is 0 Å². The Morgan fingerprint density at radius 1 is 1.17 bits per heavy atom. The molecule has 3 rings (SSSR count). The minimum Gasteiger partial charge on any atom is -0.393 e. The van der Waals surface area contributed by atoms with Gasteiger partial charge in [-0.25, -0.2) is 8.78 Å². The van der Waals surface area contributed by atoms with Crippen molar-refractivity contribution in [1.29, 1.82) is 0 Å². The van der Waals surface area contributed by atoms with E-state index in [0.717, 1.165) is 31.7 Å². The van der Waals surface area contributed by atoms with E-state index in [1.54, 1.807) is 12.1 Å². The Labute approximate surface area is 105 Å². The van der Waals surface area contributed by atoms with Gasteiger partial charge in [-0.3, -0.25) is 4.90 Å². The minimum absolute atomic E-state index is 0.226. The number of nitrogens with zero attached hydrogens (tertiary/aromatic N) is 1. The highest BCUT2D eigenvalue weighted by Gasteiger charge is 2.40. The molecule has 0 aromatic heterocycles. The topological polar surface area (TPSA) is 23.5 Å². The maximum absolute atomic E-state index is 13.7. The number of aliphatic hydroxyl groups excluding tert-OH is 1. The maximum atomic E-state index is 13.7. The van der Waals surface area contributed by atoms with Crippen LogP contribution in [0.15, 0.2) is 18.2 Å². The van der Waals surface area contributed by atoms with Gasteiger partial charge in [0.05, 0.1) is 6.10 Å². The summed E-state index contributed by atoms with van der Waals surface area (Å²) in [6.45, 7) is 0.450. The first-order valence-electron chi connectivity index (χ1n) is 6.52. The molecule has 2 heterocycles. The Morgan fingerprint density at radius 2 is 1.83 bits per heavy atom. The molecule has 2 aliphatic rings. The normalized spacial score (nSPS) is 31.8. The standard InChI is InChI=1S/C14H17F2NO/c15-13-3-1-2-9(14(13)16)8-17-10-4-5-11(17)7-12(18)6-10/h1-3,10-12,18H,4-8H2. The molecule has 2 unspecified atom stereocenters. The van der Waals surface area contributed by atoms with Crippen molar-refractivity contribution in [3.63, 3.8) is 0 Å². The van der Waals surface area contributed by atoms with Crippen molar-refractivity contribution in [2.75, 3.05) is 0 Å². The van der Waals surface area contributed by atoms with Gasteiger partial charge in [-0.15, -0.1) is 0 Å². The highest BCUT2D eigenvalue weighted by molar-refractivity contribution is 5.19. The van der Waals surface area contributed by atoms with Crippen molar-refractivity contribution in [2.24, 2.45) is 0 Å². The van der Waals surface area contributed by atoms with Gasteiger partial charge in [0, 0.05) is 24.2 Å². The van der Waals surface area contributed by atoms with E-state index in [0.29, 0.717) is 24.2 Å². The molecule has 2 nitrogen and oxygen atoms in total. The van der Waals surface area contributed by atoms with E-state index < -0.39 is 11.6 Å². The first kappa shape index (κ1) is 12.1. The molecule has 4 heteroatoms. The molecule has 0 aliphatic carbocycles. The highest BCUT2D eigenvalue weighted by Crippen LogP contribution is 2.37. The number of aliphatic hydroxyl groups is 1. The van der Waals surface area contributed by atoms with E-state index in [-0.39, 0.29) is 6.10 Å². The second kappa shape index (κ2) is 4.59. The summed E-state index contributed by atoms with van der Waals surface area (Å²) in [4.78, 5) is 2.23. The Kier molecular flexibility index (Phi) is 3.08. The van der Waals surface area contributed by atoms with Crippen LogP contribution in [0.25, 0.3) is 0 Å². The van der Waals surface area contributed by atoms with Gasteiger partial charge >= 0.3 is 0 Å². The van der Waals surface area contributed by atoms with Crippen LogP contribution >= 0.6 is 0 Å². The van der Waals surface area contributed by atoms with Crippen molar-refractivity contribution in [3.05, 3.63) is 35.4 Å². The molecule has 2 atom stereocenters. The molecule has 2 bridgehead atoms. The van der Waals surface area contributed by atoms with Gasteiger partial charge in [0.25, 0.3) is 0 Å². The van der Waals surface area contributed by atoms with Gasteiger partial charge in [-0.2, -0.15) is 0 Å². The van der Waals surface area contributed by atoms with Gasteiger partial charge in [-0.1, -0.05) is 12.1 Å². The first-order chi connectivity index (χ1) is 8.65. The lowest BCUT2D eigenvalue weighted by molar-refractivity contribution is 0.0304. The number of halogens is 2. The molecule has 1 aromatic rings. The van der Waals surface area contributed by atoms with E-state index in [9.17, 15) is 13.9 Å². The molecule has 0 radical (unpaired) electrons. The average Bonchev–Trinajstić information content (AvgIpc) is 2.58. The van der Waals surface area contributed by atoms with E-state index in [1.807, 2.05) is 0 Å². The summed E-state index contributed by atoms with van der Waals surface area (Å²) >= 11 is 0. The molecule has 0 amide bonds. The lowest BCUT2D eigenvalue weighted by atomic mass is 9.99. The molecular weight excluding hydrogens is 236 g/mol. The number of rotatable bonds is 2. The summed E-state index contributed by atoms with van der Waals surface area (Å²) in [5.74, 6) is -1.51. The van der Waals surface area contributed by atoms with E-state index in [1.165, 1.54) is 0 Å². The second-order valence-corrected chi connectivity index (χ2v) is 5.40. The van der Waals surface area contributed by atoms with Crippen LogP contribution in [0.2, 0.25) is 0 Å². The quantitative estimate of drug-likeness (QED) is 0.875. The Morgan fingerprint density at radius 3 is 2.50 bits per heavy atom. The Hall–Kier alpha value is -1.00. The zero-order valence-electron chi connectivity index (χ0n) is 10.1. The fourth-order valence-electron chi connectivity index (χ4n) is 3.37. The molecule has 0 spiro atoms. The lowest BCUT2D eigenvalue weighted by Crippen LogP contribution is -2.44. The monoisotopic (exact) mass is 253 g/mol. The van der Waals surface area contributed by atoms with Crippen LogP contribution in [-0.2, 0) is 6.54 Å². The SMILES string of the molecule is OC1CC2CCC(C1)N2Cc1cccc(F)c1F. The number of hydrogen-bond donors (Lipinski definition) is 1. The molecule has 18 heavy (non-hydrogen) atoms. The Balaban J connectivity index is 1.79. The van der Waals surface area contributed by atoms with Crippen molar-refractivity contribution in [2.45, 2.75) is 50.4 Å². The molecular formula is C14H17F2NO. The van der Waals surface area contributed by atoms with Crippen LogP contribution in [0.1, 0.15) is 31.2 Å². The van der Waals surface area contributed by atoms with E-state index in [4.69, 9.17) is 0 Å². The number of fused-ring (bicyclic) bond motifs is 2. The molecule has 2 fully saturated rings. The lowest BCUT2D eigenvalue weighted by Gasteiger charge is -2.37. The molecule has 0 saturated carbocycles. The average molecular weight is 253 g/mol. The fraction of sp³-hybridized carbons (Fsp3) is 0.571. The summed E-state index contributed by atoms with van der Waals surface area (Å²) in [6, 6.07) is 4.98. The maximum Gasteiger partial charge on any atom is 0.163 e. The van der Waals surface area contributed by atoms with Crippen LogP contribution < -0.4 is 0 Å². The van der Waals surface area contributed by atoms with Crippen LogP contribution in [-0.4, -0.2) is 28.2 Å². The third kappa shape index (κ3) is 2.04. The Bertz CT molecular complexity index is 437.